The fourth-order valence-electron chi connectivity index (χ4n) is 2.55. The van der Waals surface area contributed by atoms with Crippen LogP contribution in [0.3, 0.4) is 0 Å². The Morgan fingerprint density at radius 2 is 1.88 bits per heavy atom. The molecule has 1 unspecified atom stereocenters. The molecule has 16 heavy (non-hydrogen) atoms. The number of methoxy groups -OCH3 is 1. The van der Waals surface area contributed by atoms with Crippen LogP contribution < -0.4 is 5.73 Å². The zero-order valence-corrected chi connectivity index (χ0v) is 10.2. The molecule has 0 bridgehead atoms. The summed E-state index contributed by atoms with van der Waals surface area (Å²) in [4.78, 5) is 13.9. The number of rotatable bonds is 6. The zero-order chi connectivity index (χ0) is 11.7. The molecule has 0 spiro atoms. The van der Waals surface area contributed by atoms with Crippen molar-refractivity contribution in [3.63, 3.8) is 0 Å². The average molecular weight is 226 g/mol. The van der Waals surface area contributed by atoms with Crippen molar-refractivity contribution in [3.8, 4) is 0 Å². The quantitative estimate of drug-likeness (QED) is 0.722. The van der Waals surface area contributed by atoms with Gasteiger partial charge in [-0.05, 0) is 37.5 Å². The van der Waals surface area contributed by atoms with E-state index in [4.69, 9.17) is 10.5 Å². The molecule has 2 aliphatic rings. The van der Waals surface area contributed by atoms with Gasteiger partial charge in [0.25, 0.3) is 0 Å². The third-order valence-electron chi connectivity index (χ3n) is 3.67. The Bertz CT molecular complexity index is 250. The fraction of sp³-hybridized carbons (Fsp3) is 0.917. The van der Waals surface area contributed by atoms with Crippen LogP contribution in [0.25, 0.3) is 0 Å². The van der Waals surface area contributed by atoms with Crippen LogP contribution in [0.4, 0.5) is 0 Å². The normalized spacial score (nSPS) is 22.2. The first-order chi connectivity index (χ1) is 7.65. The lowest BCUT2D eigenvalue weighted by molar-refractivity contribution is -0.135. The van der Waals surface area contributed by atoms with Crippen molar-refractivity contribution in [2.75, 3.05) is 20.8 Å². The molecule has 2 aliphatic carbocycles. The Morgan fingerprint density at radius 1 is 1.38 bits per heavy atom. The van der Waals surface area contributed by atoms with Crippen molar-refractivity contribution in [2.24, 2.45) is 17.6 Å². The molecule has 0 aromatic heterocycles. The predicted octanol–water partition coefficient (Wildman–Crippen LogP) is 0.607. The lowest BCUT2D eigenvalue weighted by Crippen LogP contribution is -2.49. The summed E-state index contributed by atoms with van der Waals surface area (Å²) in [5.41, 5.74) is 5.79. The first-order valence-corrected chi connectivity index (χ1v) is 6.16. The predicted molar refractivity (Wildman–Crippen MR) is 61.9 cm³/mol. The van der Waals surface area contributed by atoms with Crippen molar-refractivity contribution in [1.29, 1.82) is 0 Å². The van der Waals surface area contributed by atoms with Gasteiger partial charge in [0.15, 0.2) is 0 Å². The largest absolute Gasteiger partial charge is 0.383 e. The number of nitrogens with two attached hydrogens (primary N) is 1. The maximum absolute atomic E-state index is 12.1. The summed E-state index contributed by atoms with van der Waals surface area (Å²) in [5, 5.41) is 0. The van der Waals surface area contributed by atoms with E-state index in [0.717, 1.165) is 11.8 Å². The van der Waals surface area contributed by atoms with Crippen LogP contribution in [0.1, 0.15) is 25.7 Å². The maximum atomic E-state index is 12.1. The first kappa shape index (κ1) is 11.9. The van der Waals surface area contributed by atoms with Gasteiger partial charge in [0, 0.05) is 20.2 Å². The van der Waals surface area contributed by atoms with E-state index < -0.39 is 6.04 Å². The van der Waals surface area contributed by atoms with Gasteiger partial charge in [0.2, 0.25) is 5.91 Å². The van der Waals surface area contributed by atoms with E-state index in [-0.39, 0.29) is 5.91 Å². The fourth-order valence-corrected chi connectivity index (χ4v) is 2.55. The van der Waals surface area contributed by atoms with Crippen LogP contribution in [0.5, 0.6) is 0 Å². The lowest BCUT2D eigenvalue weighted by atomic mass is 10.1. The summed E-state index contributed by atoms with van der Waals surface area (Å²) in [7, 11) is 3.48. The number of nitrogens with zero attached hydrogens (tertiary/aromatic N) is 1. The summed E-state index contributed by atoms with van der Waals surface area (Å²) in [6.07, 6.45) is 5.10. The molecular formula is C12H22N2O2. The maximum Gasteiger partial charge on any atom is 0.241 e. The molecule has 4 nitrogen and oxygen atoms in total. The third kappa shape index (κ3) is 2.55. The van der Waals surface area contributed by atoms with E-state index in [2.05, 4.69) is 0 Å². The average Bonchev–Trinajstić information content (AvgIpc) is 3.10. The Hall–Kier alpha value is -0.610. The molecule has 0 aliphatic heterocycles. The van der Waals surface area contributed by atoms with Gasteiger partial charge in [-0.2, -0.15) is 0 Å². The molecule has 0 radical (unpaired) electrons. The summed E-state index contributed by atoms with van der Waals surface area (Å²) in [6, 6.07) is -0.0644. The van der Waals surface area contributed by atoms with Crippen molar-refractivity contribution in [1.82, 2.24) is 4.90 Å². The minimum Gasteiger partial charge on any atom is -0.383 e. The number of carbonyl (C=O) groups excluding carboxylic acids is 1. The zero-order valence-electron chi connectivity index (χ0n) is 10.2. The summed E-state index contributed by atoms with van der Waals surface area (Å²) in [6.45, 7) is 0.311. The highest BCUT2D eigenvalue weighted by Crippen LogP contribution is 2.46. The van der Waals surface area contributed by atoms with Crippen LogP contribution in [0.2, 0.25) is 0 Å². The molecular weight excluding hydrogens is 204 g/mol. The van der Waals surface area contributed by atoms with Crippen LogP contribution in [0, 0.1) is 11.8 Å². The third-order valence-corrected chi connectivity index (χ3v) is 3.67. The molecule has 0 aromatic carbocycles. The van der Waals surface area contributed by atoms with Crippen LogP contribution in [-0.2, 0) is 9.53 Å². The lowest BCUT2D eigenvalue weighted by Gasteiger charge is -2.30. The van der Waals surface area contributed by atoms with Crippen molar-refractivity contribution >= 4 is 5.91 Å². The highest BCUT2D eigenvalue weighted by Gasteiger charge is 2.45. The second-order valence-corrected chi connectivity index (χ2v) is 5.18. The van der Waals surface area contributed by atoms with E-state index in [9.17, 15) is 4.79 Å². The molecule has 2 saturated carbocycles. The summed E-state index contributed by atoms with van der Waals surface area (Å²) < 4.78 is 4.93. The number of ether oxygens (including phenoxy) is 1. The van der Waals surface area contributed by atoms with Crippen LogP contribution in [0.15, 0.2) is 0 Å². The highest BCUT2D eigenvalue weighted by molar-refractivity contribution is 5.82. The second-order valence-electron chi connectivity index (χ2n) is 5.18. The Labute approximate surface area is 97.1 Å². The SMILES string of the molecule is COCC(N)C(=O)N(C)C(C1CC1)C1CC1. The smallest absolute Gasteiger partial charge is 0.241 e. The molecule has 1 atom stereocenters. The Kier molecular flexibility index (Phi) is 3.50. The van der Waals surface area contributed by atoms with Gasteiger partial charge in [-0.25, -0.2) is 0 Å². The second kappa shape index (κ2) is 4.72. The minimum atomic E-state index is -0.505. The van der Waals surface area contributed by atoms with Crippen LogP contribution >= 0.6 is 0 Å². The van der Waals surface area contributed by atoms with Gasteiger partial charge in [-0.3, -0.25) is 4.79 Å². The van der Waals surface area contributed by atoms with Gasteiger partial charge in [-0.1, -0.05) is 0 Å². The molecule has 0 saturated heterocycles. The molecule has 2 fully saturated rings. The molecule has 0 heterocycles. The number of hydrogen-bond acceptors (Lipinski definition) is 3. The summed E-state index contributed by atoms with van der Waals surface area (Å²) >= 11 is 0. The van der Waals surface area contributed by atoms with E-state index in [0.29, 0.717) is 12.6 Å². The summed E-state index contributed by atoms with van der Waals surface area (Å²) in [5.74, 6) is 1.50. The molecule has 2 rings (SSSR count). The Morgan fingerprint density at radius 3 is 2.25 bits per heavy atom. The van der Waals surface area contributed by atoms with Gasteiger partial charge in [0.1, 0.15) is 6.04 Å². The first-order valence-electron chi connectivity index (χ1n) is 6.16. The van der Waals surface area contributed by atoms with Gasteiger partial charge in [-0.15, -0.1) is 0 Å². The number of likely N-dealkylation sites (N-methyl/N-ethyl adjacent to an activating group) is 1. The van der Waals surface area contributed by atoms with Crippen molar-refractivity contribution in [2.45, 2.75) is 37.8 Å². The highest BCUT2D eigenvalue weighted by atomic mass is 16.5. The number of hydrogen-bond donors (Lipinski definition) is 1. The van der Waals surface area contributed by atoms with Gasteiger partial charge in [0.05, 0.1) is 6.61 Å². The monoisotopic (exact) mass is 226 g/mol. The Balaban J connectivity index is 1.93. The topological polar surface area (TPSA) is 55.6 Å². The standard InChI is InChI=1S/C12H22N2O2/c1-14(12(15)10(13)7-16-2)11(8-3-4-8)9-5-6-9/h8-11H,3-7,13H2,1-2H3. The van der Waals surface area contributed by atoms with Gasteiger partial charge < -0.3 is 15.4 Å². The molecule has 2 N–H and O–H groups in total. The van der Waals surface area contributed by atoms with Gasteiger partial charge >= 0.3 is 0 Å². The van der Waals surface area contributed by atoms with E-state index in [1.165, 1.54) is 25.7 Å². The van der Waals surface area contributed by atoms with E-state index >= 15 is 0 Å². The minimum absolute atomic E-state index is 0.0330. The number of carbonyl (C=O) groups is 1. The van der Waals surface area contributed by atoms with E-state index in [1.807, 2.05) is 11.9 Å². The number of amides is 1. The molecule has 0 aromatic rings. The molecule has 4 heteroatoms. The van der Waals surface area contributed by atoms with E-state index in [1.54, 1.807) is 7.11 Å². The van der Waals surface area contributed by atoms with Crippen LogP contribution in [-0.4, -0.2) is 43.7 Å². The molecule has 1 amide bonds. The van der Waals surface area contributed by atoms with Crippen molar-refractivity contribution in [3.05, 3.63) is 0 Å². The molecule has 92 valence electrons. The van der Waals surface area contributed by atoms with Crippen molar-refractivity contribution < 1.29 is 9.53 Å².